The molecular weight excluding hydrogens is 314 g/mol. The van der Waals surface area contributed by atoms with Gasteiger partial charge in [-0.1, -0.05) is 24.3 Å². The third-order valence-electron chi connectivity index (χ3n) is 4.42. The number of amides is 1. The fourth-order valence-corrected chi connectivity index (χ4v) is 3.00. The van der Waals surface area contributed by atoms with Crippen LogP contribution in [0, 0.1) is 5.41 Å². The minimum absolute atomic E-state index is 0.0486. The molecule has 25 heavy (non-hydrogen) atoms. The van der Waals surface area contributed by atoms with Crippen LogP contribution in [0.25, 0.3) is 0 Å². The molecule has 0 heterocycles. The van der Waals surface area contributed by atoms with Crippen LogP contribution in [-0.4, -0.2) is 17.8 Å². The van der Waals surface area contributed by atoms with Gasteiger partial charge in [-0.25, -0.2) is 0 Å². The van der Waals surface area contributed by atoms with Crippen LogP contribution < -0.4 is 15.8 Å². The smallest absolute Gasteiger partial charge is 0.251 e. The molecule has 1 saturated carbocycles. The van der Waals surface area contributed by atoms with Gasteiger partial charge in [0.15, 0.2) is 0 Å². The van der Waals surface area contributed by atoms with Crippen molar-refractivity contribution < 1.29 is 9.53 Å². The van der Waals surface area contributed by atoms with Gasteiger partial charge in [-0.15, -0.1) is 0 Å². The summed E-state index contributed by atoms with van der Waals surface area (Å²) in [6.45, 7) is 0.437. The Bertz CT molecular complexity index is 750. The van der Waals surface area contributed by atoms with Crippen molar-refractivity contribution in [3.05, 3.63) is 65.2 Å². The topological polar surface area (TPSA) is 88.2 Å². The van der Waals surface area contributed by atoms with E-state index in [-0.39, 0.29) is 11.7 Å². The molecule has 5 heteroatoms. The van der Waals surface area contributed by atoms with Gasteiger partial charge in [-0.05, 0) is 55.5 Å². The van der Waals surface area contributed by atoms with E-state index < -0.39 is 0 Å². The number of ether oxygens (including phenoxy) is 1. The van der Waals surface area contributed by atoms with E-state index in [0.717, 1.165) is 24.2 Å². The van der Waals surface area contributed by atoms with Crippen LogP contribution in [0.4, 0.5) is 0 Å². The SMILES string of the molecule is N=C(N)c1cccc(C(=O)NCc2ccc(OC3CCCC3)cc2)c1. The summed E-state index contributed by atoms with van der Waals surface area (Å²) in [5, 5.41) is 10.3. The van der Waals surface area contributed by atoms with Gasteiger partial charge in [0.1, 0.15) is 11.6 Å². The monoisotopic (exact) mass is 337 g/mol. The second kappa shape index (κ2) is 7.83. The Morgan fingerprint density at radius 3 is 2.48 bits per heavy atom. The van der Waals surface area contributed by atoms with Crippen molar-refractivity contribution in [2.45, 2.75) is 38.3 Å². The van der Waals surface area contributed by atoms with Crippen LogP contribution in [0.3, 0.4) is 0 Å². The first-order valence-electron chi connectivity index (χ1n) is 8.60. The Labute approximate surface area is 147 Å². The molecule has 0 aliphatic heterocycles. The lowest BCUT2D eigenvalue weighted by molar-refractivity contribution is 0.0951. The molecule has 0 spiro atoms. The highest BCUT2D eigenvalue weighted by molar-refractivity contribution is 5.99. The molecule has 1 aliphatic carbocycles. The molecule has 0 radical (unpaired) electrons. The summed E-state index contributed by atoms with van der Waals surface area (Å²) in [5.41, 5.74) is 7.51. The summed E-state index contributed by atoms with van der Waals surface area (Å²) in [6, 6.07) is 14.6. The molecule has 0 aromatic heterocycles. The van der Waals surface area contributed by atoms with E-state index in [1.807, 2.05) is 24.3 Å². The van der Waals surface area contributed by atoms with Gasteiger partial charge in [0.05, 0.1) is 6.10 Å². The number of hydrogen-bond acceptors (Lipinski definition) is 3. The van der Waals surface area contributed by atoms with Crippen molar-refractivity contribution in [3.63, 3.8) is 0 Å². The molecule has 3 rings (SSSR count). The van der Waals surface area contributed by atoms with Gasteiger partial charge >= 0.3 is 0 Å². The van der Waals surface area contributed by atoms with E-state index in [2.05, 4.69) is 5.32 Å². The lowest BCUT2D eigenvalue weighted by Gasteiger charge is -2.13. The van der Waals surface area contributed by atoms with E-state index in [0.29, 0.717) is 23.8 Å². The summed E-state index contributed by atoms with van der Waals surface area (Å²) in [4.78, 5) is 12.2. The highest BCUT2D eigenvalue weighted by atomic mass is 16.5. The summed E-state index contributed by atoms with van der Waals surface area (Å²) in [5.74, 6) is 0.651. The number of nitrogen functional groups attached to an aromatic ring is 1. The minimum Gasteiger partial charge on any atom is -0.490 e. The van der Waals surface area contributed by atoms with Crippen molar-refractivity contribution in [3.8, 4) is 5.75 Å². The molecule has 0 atom stereocenters. The molecule has 1 fully saturated rings. The van der Waals surface area contributed by atoms with E-state index in [4.69, 9.17) is 15.9 Å². The molecule has 0 saturated heterocycles. The first-order valence-corrected chi connectivity index (χ1v) is 8.60. The van der Waals surface area contributed by atoms with E-state index >= 15 is 0 Å². The molecule has 2 aromatic rings. The second-order valence-corrected chi connectivity index (χ2v) is 6.35. The number of nitrogens with two attached hydrogens (primary N) is 1. The Hall–Kier alpha value is -2.82. The number of hydrogen-bond donors (Lipinski definition) is 3. The molecular formula is C20H23N3O2. The average molecular weight is 337 g/mol. The fraction of sp³-hybridized carbons (Fsp3) is 0.300. The van der Waals surface area contributed by atoms with Gasteiger partial charge < -0.3 is 15.8 Å². The number of rotatable bonds is 6. The van der Waals surface area contributed by atoms with Gasteiger partial charge in [0.25, 0.3) is 5.91 Å². The Morgan fingerprint density at radius 2 is 1.80 bits per heavy atom. The zero-order chi connectivity index (χ0) is 17.6. The number of nitrogens with one attached hydrogen (secondary N) is 2. The van der Waals surface area contributed by atoms with Crippen LogP contribution in [0.2, 0.25) is 0 Å². The Balaban J connectivity index is 1.55. The zero-order valence-electron chi connectivity index (χ0n) is 14.1. The predicted molar refractivity (Wildman–Crippen MR) is 98.0 cm³/mol. The zero-order valence-corrected chi connectivity index (χ0v) is 14.1. The third kappa shape index (κ3) is 4.59. The molecule has 130 valence electrons. The van der Waals surface area contributed by atoms with E-state index in [1.54, 1.807) is 24.3 Å². The second-order valence-electron chi connectivity index (χ2n) is 6.35. The summed E-state index contributed by atoms with van der Waals surface area (Å²) in [7, 11) is 0. The average Bonchev–Trinajstić information content (AvgIpc) is 3.14. The van der Waals surface area contributed by atoms with Crippen molar-refractivity contribution in [1.82, 2.24) is 5.32 Å². The lowest BCUT2D eigenvalue weighted by Crippen LogP contribution is -2.23. The highest BCUT2D eigenvalue weighted by Crippen LogP contribution is 2.24. The predicted octanol–water partition coefficient (Wildman–Crippen LogP) is 3.22. The van der Waals surface area contributed by atoms with Crippen LogP contribution in [-0.2, 0) is 6.54 Å². The molecule has 2 aromatic carbocycles. The quantitative estimate of drug-likeness (QED) is 0.558. The van der Waals surface area contributed by atoms with E-state index in [1.165, 1.54) is 12.8 Å². The van der Waals surface area contributed by atoms with Gasteiger partial charge in [0.2, 0.25) is 0 Å². The summed E-state index contributed by atoms with van der Waals surface area (Å²) < 4.78 is 5.94. The van der Waals surface area contributed by atoms with Crippen LogP contribution in [0.5, 0.6) is 5.75 Å². The van der Waals surface area contributed by atoms with Crippen molar-refractivity contribution >= 4 is 11.7 Å². The Morgan fingerprint density at radius 1 is 1.12 bits per heavy atom. The molecule has 5 nitrogen and oxygen atoms in total. The largest absolute Gasteiger partial charge is 0.490 e. The Kier molecular flexibility index (Phi) is 5.33. The van der Waals surface area contributed by atoms with Crippen LogP contribution >= 0.6 is 0 Å². The number of amidine groups is 1. The minimum atomic E-state index is -0.186. The van der Waals surface area contributed by atoms with Crippen molar-refractivity contribution in [2.24, 2.45) is 5.73 Å². The first-order chi connectivity index (χ1) is 12.1. The molecule has 0 unspecified atom stereocenters. The highest BCUT2D eigenvalue weighted by Gasteiger charge is 2.16. The normalized spacial score (nSPS) is 14.2. The summed E-state index contributed by atoms with van der Waals surface area (Å²) in [6.07, 6.45) is 5.12. The number of carbonyl (C=O) groups is 1. The third-order valence-corrected chi connectivity index (χ3v) is 4.42. The molecule has 4 N–H and O–H groups in total. The fourth-order valence-electron chi connectivity index (χ4n) is 3.00. The summed E-state index contributed by atoms with van der Waals surface area (Å²) >= 11 is 0. The van der Waals surface area contributed by atoms with Gasteiger partial charge in [0, 0.05) is 17.7 Å². The van der Waals surface area contributed by atoms with Crippen LogP contribution in [0.15, 0.2) is 48.5 Å². The molecule has 0 bridgehead atoms. The molecule has 1 amide bonds. The maximum absolute atomic E-state index is 12.2. The van der Waals surface area contributed by atoms with Gasteiger partial charge in [-0.2, -0.15) is 0 Å². The lowest BCUT2D eigenvalue weighted by atomic mass is 10.1. The standard InChI is InChI=1S/C20H23N3O2/c21-19(22)15-4-3-5-16(12-15)20(24)23-13-14-8-10-18(11-9-14)25-17-6-1-2-7-17/h3-5,8-12,17H,1-2,6-7,13H2,(H3,21,22)(H,23,24). The van der Waals surface area contributed by atoms with Crippen LogP contribution in [0.1, 0.15) is 47.2 Å². The number of carbonyl (C=O) groups excluding carboxylic acids is 1. The van der Waals surface area contributed by atoms with Crippen molar-refractivity contribution in [2.75, 3.05) is 0 Å². The molecule has 1 aliphatic rings. The van der Waals surface area contributed by atoms with Gasteiger partial charge in [-0.3, -0.25) is 10.2 Å². The van der Waals surface area contributed by atoms with E-state index in [9.17, 15) is 4.79 Å². The maximum Gasteiger partial charge on any atom is 0.251 e. The number of benzene rings is 2. The first kappa shape index (κ1) is 17.0. The van der Waals surface area contributed by atoms with Crippen molar-refractivity contribution in [1.29, 1.82) is 5.41 Å². The maximum atomic E-state index is 12.2.